The molecule has 0 spiro atoms. The van der Waals surface area contributed by atoms with Gasteiger partial charge in [-0.05, 0) is 37.0 Å². The number of carbonyl (C=O) groups is 1. The van der Waals surface area contributed by atoms with E-state index in [4.69, 9.17) is 0 Å². The number of benzene rings is 1. The van der Waals surface area contributed by atoms with Gasteiger partial charge < -0.3 is 5.32 Å². The molecule has 86 valence electrons. The molecule has 1 amide bonds. The molecule has 16 heavy (non-hydrogen) atoms. The van der Waals surface area contributed by atoms with Crippen LogP contribution in [-0.2, 0) is 0 Å². The summed E-state index contributed by atoms with van der Waals surface area (Å²) < 4.78 is 0. The van der Waals surface area contributed by atoms with E-state index in [0.717, 1.165) is 11.3 Å². The highest BCUT2D eigenvalue weighted by Gasteiger charge is 2.24. The van der Waals surface area contributed by atoms with Crippen molar-refractivity contribution in [1.29, 1.82) is 0 Å². The van der Waals surface area contributed by atoms with Crippen molar-refractivity contribution in [2.24, 2.45) is 5.92 Å². The van der Waals surface area contributed by atoms with Crippen molar-refractivity contribution in [3.05, 3.63) is 29.8 Å². The van der Waals surface area contributed by atoms with E-state index in [0.29, 0.717) is 17.5 Å². The van der Waals surface area contributed by atoms with Gasteiger partial charge in [0.1, 0.15) is 0 Å². The lowest BCUT2D eigenvalue weighted by Crippen LogP contribution is -2.36. The van der Waals surface area contributed by atoms with Crippen molar-refractivity contribution in [1.82, 2.24) is 5.32 Å². The Morgan fingerprint density at radius 2 is 2.25 bits per heavy atom. The fraction of sp³-hybridized carbons (Fsp3) is 0.462. The molecule has 0 aromatic heterocycles. The van der Waals surface area contributed by atoms with Gasteiger partial charge in [0.2, 0.25) is 0 Å². The number of nitrogens with one attached hydrogen (secondary N) is 1. The third-order valence-electron chi connectivity index (χ3n) is 3.29. The van der Waals surface area contributed by atoms with Crippen LogP contribution in [0.25, 0.3) is 0 Å². The fourth-order valence-corrected chi connectivity index (χ4v) is 2.48. The van der Waals surface area contributed by atoms with Gasteiger partial charge in [-0.15, -0.1) is 12.6 Å². The predicted molar refractivity (Wildman–Crippen MR) is 68.0 cm³/mol. The number of hydrogen-bond acceptors (Lipinski definition) is 2. The molecule has 0 aliphatic heterocycles. The molecule has 1 saturated carbocycles. The molecule has 2 unspecified atom stereocenters. The second-order valence-corrected chi connectivity index (χ2v) is 5.05. The van der Waals surface area contributed by atoms with Crippen LogP contribution in [0.5, 0.6) is 0 Å². The first-order valence-corrected chi connectivity index (χ1v) is 6.21. The van der Waals surface area contributed by atoms with Gasteiger partial charge in [-0.3, -0.25) is 4.79 Å². The highest BCUT2D eigenvalue weighted by molar-refractivity contribution is 7.80. The van der Waals surface area contributed by atoms with Crippen LogP contribution in [0, 0.1) is 5.92 Å². The van der Waals surface area contributed by atoms with Crippen LogP contribution in [0.2, 0.25) is 0 Å². The summed E-state index contributed by atoms with van der Waals surface area (Å²) in [6.07, 6.45) is 3.55. The van der Waals surface area contributed by atoms with Crippen molar-refractivity contribution in [3.63, 3.8) is 0 Å². The molecule has 1 fully saturated rings. The summed E-state index contributed by atoms with van der Waals surface area (Å²) in [6, 6.07) is 7.70. The number of hydrogen-bond donors (Lipinski definition) is 2. The van der Waals surface area contributed by atoms with Crippen molar-refractivity contribution in [2.75, 3.05) is 0 Å². The highest BCUT2D eigenvalue weighted by Crippen LogP contribution is 2.25. The SMILES string of the molecule is CC1CCCC1NC(=O)c1cccc(S)c1. The summed E-state index contributed by atoms with van der Waals surface area (Å²) in [5, 5.41) is 3.10. The van der Waals surface area contributed by atoms with Gasteiger partial charge in [0.15, 0.2) is 0 Å². The van der Waals surface area contributed by atoms with E-state index in [1.807, 2.05) is 18.2 Å². The number of amides is 1. The molecule has 1 aliphatic rings. The maximum Gasteiger partial charge on any atom is 0.251 e. The van der Waals surface area contributed by atoms with E-state index in [1.54, 1.807) is 6.07 Å². The van der Waals surface area contributed by atoms with E-state index in [-0.39, 0.29) is 5.91 Å². The lowest BCUT2D eigenvalue weighted by molar-refractivity contribution is 0.0929. The normalized spacial score (nSPS) is 24.4. The van der Waals surface area contributed by atoms with E-state index in [1.165, 1.54) is 12.8 Å². The van der Waals surface area contributed by atoms with Gasteiger partial charge in [-0.2, -0.15) is 0 Å². The molecule has 1 aliphatic carbocycles. The van der Waals surface area contributed by atoms with E-state index >= 15 is 0 Å². The molecule has 0 saturated heterocycles. The van der Waals surface area contributed by atoms with Crippen LogP contribution in [-0.4, -0.2) is 11.9 Å². The summed E-state index contributed by atoms with van der Waals surface area (Å²) in [5.74, 6) is 0.623. The zero-order valence-electron chi connectivity index (χ0n) is 9.44. The van der Waals surface area contributed by atoms with Gasteiger partial charge in [0.05, 0.1) is 0 Å². The van der Waals surface area contributed by atoms with Crippen molar-refractivity contribution in [2.45, 2.75) is 37.1 Å². The molecule has 1 aromatic rings. The molecule has 0 heterocycles. The first kappa shape index (κ1) is 11.5. The fourth-order valence-electron chi connectivity index (χ4n) is 2.26. The molecule has 1 N–H and O–H groups in total. The third-order valence-corrected chi connectivity index (χ3v) is 3.56. The Labute approximate surface area is 102 Å². The topological polar surface area (TPSA) is 29.1 Å². The highest BCUT2D eigenvalue weighted by atomic mass is 32.1. The lowest BCUT2D eigenvalue weighted by atomic mass is 10.1. The van der Waals surface area contributed by atoms with E-state index in [2.05, 4.69) is 24.9 Å². The Morgan fingerprint density at radius 1 is 1.44 bits per heavy atom. The average Bonchev–Trinajstić information content (AvgIpc) is 2.64. The number of carbonyl (C=O) groups excluding carboxylic acids is 1. The minimum Gasteiger partial charge on any atom is -0.349 e. The Bertz CT molecular complexity index is 391. The van der Waals surface area contributed by atoms with Gasteiger partial charge >= 0.3 is 0 Å². The average molecular weight is 235 g/mol. The zero-order valence-corrected chi connectivity index (χ0v) is 10.3. The second kappa shape index (κ2) is 4.91. The van der Waals surface area contributed by atoms with Gasteiger partial charge in [-0.1, -0.05) is 19.4 Å². The Kier molecular flexibility index (Phi) is 3.54. The van der Waals surface area contributed by atoms with E-state index < -0.39 is 0 Å². The molecule has 1 aromatic carbocycles. The summed E-state index contributed by atoms with van der Waals surface area (Å²) >= 11 is 4.24. The van der Waals surface area contributed by atoms with Crippen LogP contribution >= 0.6 is 12.6 Å². The molecule has 0 bridgehead atoms. The van der Waals surface area contributed by atoms with Crippen LogP contribution in [0.4, 0.5) is 0 Å². The summed E-state index contributed by atoms with van der Waals surface area (Å²) in [4.78, 5) is 12.8. The van der Waals surface area contributed by atoms with Gasteiger partial charge in [0.25, 0.3) is 5.91 Å². The minimum atomic E-state index is 0.0228. The first-order chi connectivity index (χ1) is 7.66. The van der Waals surface area contributed by atoms with Crippen molar-refractivity contribution in [3.8, 4) is 0 Å². The smallest absolute Gasteiger partial charge is 0.251 e. The van der Waals surface area contributed by atoms with Crippen LogP contribution in [0.1, 0.15) is 36.5 Å². The van der Waals surface area contributed by atoms with Crippen molar-refractivity contribution < 1.29 is 4.79 Å². The molecular formula is C13H17NOS. The molecule has 2 rings (SSSR count). The second-order valence-electron chi connectivity index (χ2n) is 4.54. The summed E-state index contributed by atoms with van der Waals surface area (Å²) in [6.45, 7) is 2.20. The van der Waals surface area contributed by atoms with Gasteiger partial charge in [-0.25, -0.2) is 0 Å². The maximum atomic E-state index is 12.0. The summed E-state index contributed by atoms with van der Waals surface area (Å²) in [5.41, 5.74) is 0.701. The molecule has 0 radical (unpaired) electrons. The molecule has 3 heteroatoms. The van der Waals surface area contributed by atoms with Gasteiger partial charge in [0, 0.05) is 16.5 Å². The number of rotatable bonds is 2. The van der Waals surface area contributed by atoms with Crippen LogP contribution in [0.3, 0.4) is 0 Å². The maximum absolute atomic E-state index is 12.0. The predicted octanol–water partition coefficient (Wildman–Crippen LogP) is 2.89. The van der Waals surface area contributed by atoms with Crippen LogP contribution in [0.15, 0.2) is 29.2 Å². The summed E-state index contributed by atoms with van der Waals surface area (Å²) in [7, 11) is 0. The van der Waals surface area contributed by atoms with Crippen LogP contribution < -0.4 is 5.32 Å². The quantitative estimate of drug-likeness (QED) is 0.758. The minimum absolute atomic E-state index is 0.0228. The molecular weight excluding hydrogens is 218 g/mol. The Balaban J connectivity index is 2.03. The van der Waals surface area contributed by atoms with E-state index in [9.17, 15) is 4.79 Å². The zero-order chi connectivity index (χ0) is 11.5. The molecule has 2 atom stereocenters. The molecule has 2 nitrogen and oxygen atoms in total. The third kappa shape index (κ3) is 2.59. The first-order valence-electron chi connectivity index (χ1n) is 5.76. The number of thiol groups is 1. The Morgan fingerprint density at radius 3 is 2.88 bits per heavy atom. The van der Waals surface area contributed by atoms with Crippen molar-refractivity contribution >= 4 is 18.5 Å². The Hall–Kier alpha value is -0.960. The standard InChI is InChI=1S/C13H17NOS/c1-9-4-2-7-12(9)14-13(15)10-5-3-6-11(16)8-10/h3,5-6,8-9,12,16H,2,4,7H2,1H3,(H,14,15). The monoisotopic (exact) mass is 235 g/mol. The largest absolute Gasteiger partial charge is 0.349 e. The lowest BCUT2D eigenvalue weighted by Gasteiger charge is -2.17.